The zero-order valence-corrected chi connectivity index (χ0v) is 20.2. The Hall–Kier alpha value is -1.22. The zero-order chi connectivity index (χ0) is 23.6. The maximum absolute atomic E-state index is 13.7. The van der Waals surface area contributed by atoms with Gasteiger partial charge in [0.05, 0.1) is 24.2 Å². The van der Waals surface area contributed by atoms with Crippen molar-refractivity contribution in [1.29, 1.82) is 0 Å². The molecule has 0 bridgehead atoms. The molecule has 2 unspecified atom stereocenters. The summed E-state index contributed by atoms with van der Waals surface area (Å²) in [6.45, 7) is 11.2. The second-order valence-corrected chi connectivity index (χ2v) is 11.9. The van der Waals surface area contributed by atoms with Gasteiger partial charge in [-0.15, -0.1) is 11.8 Å². The van der Waals surface area contributed by atoms with Crippen molar-refractivity contribution in [3.05, 3.63) is 29.8 Å². The Labute approximate surface area is 185 Å². The Morgan fingerprint density at radius 3 is 2.32 bits per heavy atom. The fraction of sp³-hybridized carbons (Fsp3) is 0.650. The highest BCUT2D eigenvalue weighted by molar-refractivity contribution is 8.01. The minimum atomic E-state index is -4.53. The second-order valence-electron chi connectivity index (χ2n) is 8.02. The molecule has 176 valence electrons. The molecule has 1 aromatic rings. The first-order chi connectivity index (χ1) is 14.3. The van der Waals surface area contributed by atoms with Crippen molar-refractivity contribution in [1.82, 2.24) is 4.90 Å². The lowest BCUT2D eigenvalue weighted by Gasteiger charge is -2.37. The van der Waals surface area contributed by atoms with E-state index in [1.807, 2.05) is 27.7 Å². The number of benzene rings is 1. The first kappa shape index (κ1) is 26.0. The zero-order valence-electron chi connectivity index (χ0n) is 18.5. The third-order valence-corrected chi connectivity index (χ3v) is 9.50. The van der Waals surface area contributed by atoms with Crippen LogP contribution in [0.4, 0.5) is 23.7 Å². The summed E-state index contributed by atoms with van der Waals surface area (Å²) in [5, 5.41) is 2.17. The number of hydrogen-bond donors (Lipinski definition) is 1. The predicted octanol–water partition coefficient (Wildman–Crippen LogP) is 6.64. The Balaban J connectivity index is 2.47. The SMILES string of the molecule is CCOP(=O)(OCC)C1N(C(=O)Nc2cccc(C(F)(F)F)c2)C(C(C)C)SC1(C)C. The van der Waals surface area contributed by atoms with E-state index >= 15 is 0 Å². The van der Waals surface area contributed by atoms with Crippen LogP contribution in [-0.4, -0.2) is 40.0 Å². The van der Waals surface area contributed by atoms with Crippen LogP contribution in [0.2, 0.25) is 0 Å². The number of anilines is 1. The van der Waals surface area contributed by atoms with E-state index in [0.717, 1.165) is 12.1 Å². The molecule has 0 spiro atoms. The molecule has 11 heteroatoms. The van der Waals surface area contributed by atoms with Crippen LogP contribution in [0.5, 0.6) is 0 Å². The summed E-state index contributed by atoms with van der Waals surface area (Å²) < 4.78 is 63.4. The molecule has 0 aliphatic carbocycles. The third kappa shape index (κ3) is 5.78. The average molecular weight is 483 g/mol. The van der Waals surface area contributed by atoms with Crippen molar-refractivity contribution in [3.8, 4) is 0 Å². The molecule has 0 saturated carbocycles. The molecule has 0 radical (unpaired) electrons. The molecule has 6 nitrogen and oxygen atoms in total. The van der Waals surface area contributed by atoms with Gasteiger partial charge in [-0.1, -0.05) is 19.9 Å². The standard InChI is InChI=1S/C20H30F3N2O4PS/c1-7-28-30(27,29-8-2)17-19(5,6)31-16(13(3)4)25(17)18(26)24-15-11-9-10-14(12-15)20(21,22)23/h9-13,16-17H,7-8H2,1-6H3,(H,24,26). The number of rotatable bonds is 7. The Kier molecular flexibility index (Phi) is 8.17. The average Bonchev–Trinajstić information content (AvgIpc) is 2.94. The fourth-order valence-corrected chi connectivity index (χ4v) is 8.13. The van der Waals surface area contributed by atoms with Crippen LogP contribution in [0, 0.1) is 5.92 Å². The summed E-state index contributed by atoms with van der Waals surface area (Å²) in [6, 6.07) is 3.76. The molecule has 2 rings (SSSR count). The van der Waals surface area contributed by atoms with E-state index < -0.39 is 35.9 Å². The summed E-state index contributed by atoms with van der Waals surface area (Å²) in [6.07, 6.45) is -4.53. The quantitative estimate of drug-likeness (QED) is 0.442. The number of carbonyl (C=O) groups is 1. The van der Waals surface area contributed by atoms with E-state index in [9.17, 15) is 22.5 Å². The number of nitrogens with zero attached hydrogens (tertiary/aromatic N) is 1. The Bertz CT molecular complexity index is 825. The first-order valence-corrected chi connectivity index (χ1v) is 12.6. The van der Waals surface area contributed by atoms with Gasteiger partial charge in [-0.2, -0.15) is 13.2 Å². The lowest BCUT2D eigenvalue weighted by Crippen LogP contribution is -2.49. The van der Waals surface area contributed by atoms with Crippen LogP contribution in [0.3, 0.4) is 0 Å². The Morgan fingerprint density at radius 1 is 1.26 bits per heavy atom. The fourth-order valence-electron chi connectivity index (χ4n) is 3.62. The molecule has 2 atom stereocenters. The van der Waals surface area contributed by atoms with Gasteiger partial charge in [0.25, 0.3) is 0 Å². The number of urea groups is 1. The normalized spacial score (nSPS) is 21.5. The number of hydrogen-bond acceptors (Lipinski definition) is 5. The number of amides is 2. The summed E-state index contributed by atoms with van der Waals surface area (Å²) in [7, 11) is -3.75. The lowest BCUT2D eigenvalue weighted by molar-refractivity contribution is -0.137. The van der Waals surface area contributed by atoms with Gasteiger partial charge in [0.15, 0.2) is 5.78 Å². The summed E-state index contributed by atoms with van der Waals surface area (Å²) in [5.74, 6) is -0.929. The van der Waals surface area contributed by atoms with Crippen molar-refractivity contribution >= 4 is 31.1 Å². The number of thioether (sulfide) groups is 1. The van der Waals surface area contributed by atoms with E-state index in [1.165, 1.54) is 28.8 Å². The maximum Gasteiger partial charge on any atom is 0.416 e. The van der Waals surface area contributed by atoms with Crippen LogP contribution in [0.1, 0.15) is 47.1 Å². The van der Waals surface area contributed by atoms with Crippen molar-refractivity contribution in [2.75, 3.05) is 18.5 Å². The minimum Gasteiger partial charge on any atom is -0.308 e. The molecule has 2 amide bonds. The highest BCUT2D eigenvalue weighted by Crippen LogP contribution is 2.65. The minimum absolute atomic E-state index is 0.00145. The van der Waals surface area contributed by atoms with Gasteiger partial charge in [0.2, 0.25) is 0 Å². The summed E-state index contributed by atoms with van der Waals surface area (Å²) in [4.78, 5) is 14.8. The number of carbonyl (C=O) groups excluding carboxylic acids is 1. The molecular weight excluding hydrogens is 452 g/mol. The van der Waals surface area contributed by atoms with Gasteiger partial charge in [0.1, 0.15) is 0 Å². The molecular formula is C20H30F3N2O4PS. The number of nitrogens with one attached hydrogen (secondary N) is 1. The molecule has 1 fully saturated rings. The largest absolute Gasteiger partial charge is 0.416 e. The number of halogens is 3. The second kappa shape index (κ2) is 9.73. The predicted molar refractivity (Wildman–Crippen MR) is 117 cm³/mol. The van der Waals surface area contributed by atoms with Crippen LogP contribution < -0.4 is 5.32 Å². The smallest absolute Gasteiger partial charge is 0.308 e. The van der Waals surface area contributed by atoms with Crippen LogP contribution in [0.15, 0.2) is 24.3 Å². The molecule has 1 aromatic carbocycles. The number of alkyl halides is 3. The van der Waals surface area contributed by atoms with Gasteiger partial charge in [-0.25, -0.2) is 4.79 Å². The van der Waals surface area contributed by atoms with Gasteiger partial charge >= 0.3 is 19.8 Å². The van der Waals surface area contributed by atoms with Crippen LogP contribution in [-0.2, 0) is 19.8 Å². The van der Waals surface area contributed by atoms with E-state index in [-0.39, 0.29) is 30.2 Å². The van der Waals surface area contributed by atoms with Crippen molar-refractivity contribution < 1.29 is 31.6 Å². The molecule has 0 aromatic heterocycles. The first-order valence-electron chi connectivity index (χ1n) is 10.1. The molecule has 1 heterocycles. The maximum atomic E-state index is 13.7. The van der Waals surface area contributed by atoms with Crippen molar-refractivity contribution in [2.24, 2.45) is 5.92 Å². The molecule has 1 saturated heterocycles. The van der Waals surface area contributed by atoms with Crippen LogP contribution >= 0.6 is 19.4 Å². The summed E-state index contributed by atoms with van der Waals surface area (Å²) >= 11 is 1.47. The monoisotopic (exact) mass is 482 g/mol. The molecule has 31 heavy (non-hydrogen) atoms. The van der Waals surface area contributed by atoms with Gasteiger partial charge in [-0.05, 0) is 51.8 Å². The lowest BCUT2D eigenvalue weighted by atomic mass is 10.1. The van der Waals surface area contributed by atoms with Crippen LogP contribution in [0.25, 0.3) is 0 Å². The van der Waals surface area contributed by atoms with Gasteiger partial charge < -0.3 is 14.4 Å². The highest BCUT2D eigenvalue weighted by atomic mass is 32.2. The summed E-state index contributed by atoms with van der Waals surface area (Å²) in [5.41, 5.74) is -0.869. The van der Waals surface area contributed by atoms with E-state index in [0.29, 0.717) is 0 Å². The Morgan fingerprint density at radius 2 is 1.84 bits per heavy atom. The van der Waals surface area contributed by atoms with Gasteiger partial charge in [-0.3, -0.25) is 9.46 Å². The van der Waals surface area contributed by atoms with Crippen molar-refractivity contribution in [3.63, 3.8) is 0 Å². The van der Waals surface area contributed by atoms with E-state index in [1.54, 1.807) is 13.8 Å². The highest BCUT2D eigenvalue weighted by Gasteiger charge is 2.59. The van der Waals surface area contributed by atoms with Crippen molar-refractivity contribution in [2.45, 2.75) is 63.6 Å². The molecule has 1 aliphatic rings. The molecule has 1 N–H and O–H groups in total. The van der Waals surface area contributed by atoms with E-state index in [2.05, 4.69) is 5.32 Å². The third-order valence-electron chi connectivity index (χ3n) is 4.75. The molecule has 1 aliphatic heterocycles. The van der Waals surface area contributed by atoms with Gasteiger partial charge in [0, 0.05) is 10.4 Å². The topological polar surface area (TPSA) is 67.9 Å². The van der Waals surface area contributed by atoms with E-state index in [4.69, 9.17) is 9.05 Å².